The molecular weight excluding hydrogens is 290 g/mol. The van der Waals surface area contributed by atoms with Crippen LogP contribution < -0.4 is 14.8 Å². The van der Waals surface area contributed by atoms with Crippen molar-refractivity contribution in [1.82, 2.24) is 0 Å². The van der Waals surface area contributed by atoms with Crippen LogP contribution in [0.3, 0.4) is 0 Å². The van der Waals surface area contributed by atoms with E-state index in [9.17, 15) is 4.79 Å². The van der Waals surface area contributed by atoms with Crippen molar-refractivity contribution in [1.29, 1.82) is 0 Å². The van der Waals surface area contributed by atoms with E-state index >= 15 is 0 Å². The third-order valence-corrected chi connectivity index (χ3v) is 3.20. The standard InChI is InChI=1S/C16H12ClNO3/c17-12-2-1-3-13(9-12)18-7-6-14(19)11-4-5-15-16(8-11)21-10-20-15/h1-9,18H,10H2. The predicted molar refractivity (Wildman–Crippen MR) is 81.1 cm³/mol. The average Bonchev–Trinajstić information content (AvgIpc) is 2.94. The molecule has 0 aliphatic carbocycles. The van der Waals surface area contributed by atoms with Crippen LogP contribution in [0, 0.1) is 0 Å². The molecule has 0 spiro atoms. The molecular formula is C16H12ClNO3. The van der Waals surface area contributed by atoms with Crippen molar-refractivity contribution in [3.63, 3.8) is 0 Å². The Morgan fingerprint density at radius 3 is 2.86 bits per heavy atom. The maximum atomic E-state index is 12.1. The highest BCUT2D eigenvalue weighted by Crippen LogP contribution is 2.32. The zero-order valence-corrected chi connectivity index (χ0v) is 11.8. The molecule has 106 valence electrons. The van der Waals surface area contributed by atoms with Crippen molar-refractivity contribution in [2.24, 2.45) is 0 Å². The quantitative estimate of drug-likeness (QED) is 0.688. The van der Waals surface area contributed by atoms with Crippen molar-refractivity contribution >= 4 is 23.1 Å². The van der Waals surface area contributed by atoms with Gasteiger partial charge in [0.2, 0.25) is 6.79 Å². The first-order valence-electron chi connectivity index (χ1n) is 6.35. The summed E-state index contributed by atoms with van der Waals surface area (Å²) < 4.78 is 10.5. The number of hydrogen-bond acceptors (Lipinski definition) is 4. The SMILES string of the molecule is O=C(C=CNc1cccc(Cl)c1)c1ccc2c(c1)OCO2. The maximum absolute atomic E-state index is 12.1. The molecule has 2 aromatic carbocycles. The molecule has 1 N–H and O–H groups in total. The second-order valence-electron chi connectivity index (χ2n) is 4.42. The summed E-state index contributed by atoms with van der Waals surface area (Å²) in [5.74, 6) is 1.13. The van der Waals surface area contributed by atoms with Crippen molar-refractivity contribution in [3.05, 3.63) is 65.3 Å². The van der Waals surface area contributed by atoms with Gasteiger partial charge in [-0.15, -0.1) is 0 Å². The molecule has 0 unspecified atom stereocenters. The maximum Gasteiger partial charge on any atom is 0.231 e. The number of halogens is 1. The van der Waals surface area contributed by atoms with Crippen molar-refractivity contribution < 1.29 is 14.3 Å². The molecule has 0 saturated carbocycles. The summed E-state index contributed by atoms with van der Waals surface area (Å²) in [4.78, 5) is 12.1. The van der Waals surface area contributed by atoms with E-state index < -0.39 is 0 Å². The van der Waals surface area contributed by atoms with Crippen LogP contribution in [0.4, 0.5) is 5.69 Å². The van der Waals surface area contributed by atoms with Crippen LogP contribution in [0.2, 0.25) is 5.02 Å². The molecule has 4 nitrogen and oxygen atoms in total. The van der Waals surface area contributed by atoms with Crippen molar-refractivity contribution in [2.45, 2.75) is 0 Å². The monoisotopic (exact) mass is 301 g/mol. The fourth-order valence-electron chi connectivity index (χ4n) is 1.94. The highest BCUT2D eigenvalue weighted by atomic mass is 35.5. The summed E-state index contributed by atoms with van der Waals surface area (Å²) in [6.45, 7) is 0.194. The Labute approximate surface area is 126 Å². The first kappa shape index (κ1) is 13.5. The van der Waals surface area contributed by atoms with Crippen LogP contribution in [0.15, 0.2) is 54.7 Å². The van der Waals surface area contributed by atoms with Crippen LogP contribution in [0.1, 0.15) is 10.4 Å². The summed E-state index contributed by atoms with van der Waals surface area (Å²) in [6, 6.07) is 12.4. The molecule has 5 heteroatoms. The molecule has 0 radical (unpaired) electrons. The van der Waals surface area contributed by atoms with Gasteiger partial charge in [0.15, 0.2) is 17.3 Å². The fourth-order valence-corrected chi connectivity index (χ4v) is 2.13. The fraction of sp³-hybridized carbons (Fsp3) is 0.0625. The number of carbonyl (C=O) groups is 1. The topological polar surface area (TPSA) is 47.6 Å². The van der Waals surface area contributed by atoms with E-state index in [-0.39, 0.29) is 12.6 Å². The highest BCUT2D eigenvalue weighted by Gasteiger charge is 2.14. The van der Waals surface area contributed by atoms with Gasteiger partial charge in [-0.3, -0.25) is 4.79 Å². The number of allylic oxidation sites excluding steroid dienone is 1. The van der Waals surface area contributed by atoms with Gasteiger partial charge < -0.3 is 14.8 Å². The Kier molecular flexibility index (Phi) is 3.79. The second-order valence-corrected chi connectivity index (χ2v) is 4.86. The average molecular weight is 302 g/mol. The summed E-state index contributed by atoms with van der Waals surface area (Å²) in [5, 5.41) is 3.63. The number of rotatable bonds is 4. The molecule has 3 rings (SSSR count). The van der Waals surface area contributed by atoms with Gasteiger partial charge in [0.05, 0.1) is 0 Å². The van der Waals surface area contributed by atoms with Crippen molar-refractivity contribution in [2.75, 3.05) is 12.1 Å². The summed E-state index contributed by atoms with van der Waals surface area (Å²) in [6.07, 6.45) is 3.04. The van der Waals surface area contributed by atoms with Crippen LogP contribution in [0.5, 0.6) is 11.5 Å². The number of ketones is 1. The summed E-state index contributed by atoms with van der Waals surface area (Å²) in [7, 11) is 0. The van der Waals surface area contributed by atoms with Gasteiger partial charge in [-0.25, -0.2) is 0 Å². The Morgan fingerprint density at radius 2 is 2.00 bits per heavy atom. The first-order chi connectivity index (χ1) is 10.2. The van der Waals surface area contributed by atoms with Crippen LogP contribution in [-0.4, -0.2) is 12.6 Å². The lowest BCUT2D eigenvalue weighted by molar-refractivity contribution is 0.104. The van der Waals surface area contributed by atoms with E-state index in [4.69, 9.17) is 21.1 Å². The Hall–Kier alpha value is -2.46. The van der Waals surface area contributed by atoms with Gasteiger partial charge >= 0.3 is 0 Å². The molecule has 0 amide bonds. The molecule has 2 aromatic rings. The minimum atomic E-state index is -0.122. The highest BCUT2D eigenvalue weighted by molar-refractivity contribution is 6.30. The number of anilines is 1. The number of nitrogens with one attached hydrogen (secondary N) is 1. The lowest BCUT2D eigenvalue weighted by atomic mass is 10.1. The van der Waals surface area contributed by atoms with E-state index in [1.54, 1.807) is 36.5 Å². The van der Waals surface area contributed by atoms with E-state index in [1.165, 1.54) is 6.08 Å². The lowest BCUT2D eigenvalue weighted by Crippen LogP contribution is -1.96. The van der Waals surface area contributed by atoms with Gasteiger partial charge in [0, 0.05) is 28.5 Å². The van der Waals surface area contributed by atoms with Gasteiger partial charge in [-0.1, -0.05) is 17.7 Å². The summed E-state index contributed by atoms with van der Waals surface area (Å²) >= 11 is 5.88. The zero-order valence-electron chi connectivity index (χ0n) is 11.0. The number of benzene rings is 2. The van der Waals surface area contributed by atoms with Gasteiger partial charge in [0.25, 0.3) is 0 Å². The predicted octanol–water partition coefficient (Wildman–Crippen LogP) is 3.88. The van der Waals surface area contributed by atoms with Gasteiger partial charge in [-0.2, -0.15) is 0 Å². The van der Waals surface area contributed by atoms with Crippen molar-refractivity contribution in [3.8, 4) is 11.5 Å². The van der Waals surface area contributed by atoms with Gasteiger partial charge in [-0.05, 0) is 36.4 Å². The van der Waals surface area contributed by atoms with E-state index in [2.05, 4.69) is 5.32 Å². The minimum Gasteiger partial charge on any atom is -0.454 e. The molecule has 1 heterocycles. The molecule has 0 fully saturated rings. The van der Waals surface area contributed by atoms with Gasteiger partial charge in [0.1, 0.15) is 0 Å². The van der Waals surface area contributed by atoms with E-state index in [1.807, 2.05) is 12.1 Å². The Bertz CT molecular complexity index is 712. The summed E-state index contributed by atoms with van der Waals surface area (Å²) in [5.41, 5.74) is 1.36. The Morgan fingerprint density at radius 1 is 1.14 bits per heavy atom. The largest absolute Gasteiger partial charge is 0.454 e. The number of carbonyl (C=O) groups excluding carboxylic acids is 1. The van der Waals surface area contributed by atoms with Crippen LogP contribution in [0.25, 0.3) is 0 Å². The molecule has 0 bridgehead atoms. The molecule has 1 aliphatic heterocycles. The molecule has 21 heavy (non-hydrogen) atoms. The van der Waals surface area contributed by atoms with Crippen LogP contribution >= 0.6 is 11.6 Å². The Balaban J connectivity index is 1.67. The third-order valence-electron chi connectivity index (χ3n) is 2.97. The van der Waals surface area contributed by atoms with E-state index in [0.717, 1.165) is 5.69 Å². The minimum absolute atomic E-state index is 0.122. The normalized spacial score (nSPS) is 12.6. The molecule has 0 saturated heterocycles. The third kappa shape index (κ3) is 3.17. The second kappa shape index (κ2) is 5.89. The number of fused-ring (bicyclic) bond motifs is 1. The zero-order chi connectivity index (χ0) is 14.7. The van der Waals surface area contributed by atoms with Crippen LogP contribution in [-0.2, 0) is 0 Å². The lowest BCUT2D eigenvalue weighted by Gasteiger charge is -2.01. The number of hydrogen-bond donors (Lipinski definition) is 1. The van der Waals surface area contributed by atoms with E-state index in [0.29, 0.717) is 22.1 Å². The molecule has 0 aromatic heterocycles. The first-order valence-corrected chi connectivity index (χ1v) is 6.73. The molecule has 0 atom stereocenters. The molecule has 1 aliphatic rings. The number of ether oxygens (including phenoxy) is 2. The smallest absolute Gasteiger partial charge is 0.231 e.